The first-order valence-corrected chi connectivity index (χ1v) is 14.2. The number of nitrogens with zero attached hydrogens (tertiary/aromatic N) is 3. The lowest BCUT2D eigenvalue weighted by Gasteiger charge is -2.42. The summed E-state index contributed by atoms with van der Waals surface area (Å²) in [6.45, 7) is 13.4. The monoisotopic (exact) mass is 595 g/mol. The molecule has 2 aliphatic heterocycles. The van der Waals surface area contributed by atoms with E-state index in [-0.39, 0.29) is 30.0 Å². The smallest absolute Gasteiger partial charge is 0.410 e. The number of carbonyl (C=O) groups excluding carboxylic acids is 3. The molecule has 212 valence electrons. The Bertz CT molecular complexity index is 1020. The molecule has 0 saturated carbocycles. The number of fused-ring (bicyclic) bond motifs is 1. The lowest BCUT2D eigenvalue weighted by Crippen LogP contribution is -2.54. The predicted octanol–water partition coefficient (Wildman–Crippen LogP) is 5.24. The number of likely N-dealkylation sites (tertiary alicyclic amines) is 1. The minimum Gasteiger partial charge on any atom is -0.479 e. The van der Waals surface area contributed by atoms with Gasteiger partial charge in [0.15, 0.2) is 6.10 Å². The number of hydrogen-bond acceptors (Lipinski definition) is 6. The number of ether oxygens (including phenoxy) is 3. The molecule has 3 rings (SSSR count). The summed E-state index contributed by atoms with van der Waals surface area (Å²) in [7, 11) is 1.66. The number of anilines is 1. The summed E-state index contributed by atoms with van der Waals surface area (Å²) in [5, 5.41) is 0. The number of hydrogen-bond donors (Lipinski definition) is 0. The lowest BCUT2D eigenvalue weighted by atomic mass is 10.0. The number of amides is 3. The summed E-state index contributed by atoms with van der Waals surface area (Å²) < 4.78 is 17.2. The van der Waals surface area contributed by atoms with Gasteiger partial charge in [-0.25, -0.2) is 4.79 Å². The largest absolute Gasteiger partial charge is 0.479 e. The summed E-state index contributed by atoms with van der Waals surface area (Å²) in [5.41, 5.74) is 0.470. The molecule has 3 amide bonds. The van der Waals surface area contributed by atoms with Gasteiger partial charge in [0.05, 0.1) is 17.3 Å². The molecule has 0 bridgehead atoms. The van der Waals surface area contributed by atoms with Crippen molar-refractivity contribution in [2.75, 3.05) is 38.3 Å². The maximum Gasteiger partial charge on any atom is 0.410 e. The predicted molar refractivity (Wildman–Crippen MR) is 150 cm³/mol. The Hall–Kier alpha value is -2.33. The van der Waals surface area contributed by atoms with Gasteiger partial charge in [-0.05, 0) is 95.3 Å². The van der Waals surface area contributed by atoms with Gasteiger partial charge in [-0.1, -0.05) is 0 Å². The van der Waals surface area contributed by atoms with Crippen LogP contribution >= 0.6 is 15.9 Å². The highest BCUT2D eigenvalue weighted by atomic mass is 79.9. The molecule has 0 aliphatic carbocycles. The van der Waals surface area contributed by atoms with Crippen LogP contribution in [0.25, 0.3) is 0 Å². The second-order valence-corrected chi connectivity index (χ2v) is 12.1. The number of unbranched alkanes of at least 4 members (excludes halogenated alkanes) is 1. The minimum atomic E-state index is -0.605. The van der Waals surface area contributed by atoms with E-state index >= 15 is 0 Å². The van der Waals surface area contributed by atoms with E-state index in [4.69, 9.17) is 14.2 Å². The number of benzene rings is 1. The molecule has 1 saturated heterocycles. The van der Waals surface area contributed by atoms with Crippen molar-refractivity contribution in [1.82, 2.24) is 9.80 Å². The van der Waals surface area contributed by atoms with Crippen LogP contribution in [0.5, 0.6) is 5.75 Å². The fraction of sp³-hybridized carbons (Fsp3) is 0.679. The van der Waals surface area contributed by atoms with E-state index in [1.165, 1.54) is 0 Å². The lowest BCUT2D eigenvalue weighted by molar-refractivity contribution is -0.125. The van der Waals surface area contributed by atoms with Crippen molar-refractivity contribution in [3.63, 3.8) is 0 Å². The highest BCUT2D eigenvalue weighted by Crippen LogP contribution is 2.39. The molecule has 0 unspecified atom stereocenters. The normalized spacial score (nSPS) is 19.8. The highest BCUT2D eigenvalue weighted by molar-refractivity contribution is 9.10. The van der Waals surface area contributed by atoms with Crippen LogP contribution in [0.1, 0.15) is 77.6 Å². The van der Waals surface area contributed by atoms with Gasteiger partial charge in [-0.2, -0.15) is 0 Å². The van der Waals surface area contributed by atoms with Crippen LogP contribution in [0, 0.1) is 0 Å². The molecule has 1 aromatic rings. The van der Waals surface area contributed by atoms with Crippen molar-refractivity contribution in [2.24, 2.45) is 0 Å². The van der Waals surface area contributed by atoms with E-state index in [1.54, 1.807) is 36.0 Å². The molecule has 1 aromatic carbocycles. The molecule has 0 radical (unpaired) electrons. The van der Waals surface area contributed by atoms with E-state index in [9.17, 15) is 14.4 Å². The van der Waals surface area contributed by atoms with Crippen molar-refractivity contribution in [2.45, 2.75) is 91.0 Å². The van der Waals surface area contributed by atoms with Crippen LogP contribution in [-0.4, -0.2) is 84.8 Å². The Balaban J connectivity index is 1.88. The average Bonchev–Trinajstić information content (AvgIpc) is 2.82. The van der Waals surface area contributed by atoms with Crippen molar-refractivity contribution in [1.29, 1.82) is 0 Å². The molecule has 1 fully saturated rings. The molecule has 0 N–H and O–H groups in total. The van der Waals surface area contributed by atoms with Crippen LogP contribution in [0.4, 0.5) is 10.5 Å². The molecule has 2 aliphatic rings. The Morgan fingerprint density at radius 1 is 1.24 bits per heavy atom. The Morgan fingerprint density at radius 3 is 2.58 bits per heavy atom. The summed E-state index contributed by atoms with van der Waals surface area (Å²) in [5.74, 6) is 0.282. The van der Waals surface area contributed by atoms with Crippen LogP contribution in [-0.2, 0) is 14.3 Å². The van der Waals surface area contributed by atoms with Gasteiger partial charge in [0.2, 0.25) is 0 Å². The first-order chi connectivity index (χ1) is 17.8. The summed E-state index contributed by atoms with van der Waals surface area (Å²) in [6.07, 6.45) is 2.20. The molecule has 38 heavy (non-hydrogen) atoms. The van der Waals surface area contributed by atoms with Crippen LogP contribution in [0.15, 0.2) is 16.6 Å². The standard InChI is InChI=1S/C28H42BrN3O6/c1-18(2)32(20-11-10-12-30(17-20)27(35)38-28(4,5)6)26(34)21-15-23-24(16-22(21)29)37-19(3)25(33)31(23)13-8-9-14-36-7/h15-16,18-20H,8-14,17H2,1-7H3/t19-,20-/m1/s1. The SMILES string of the molecule is COCCCCN1C(=O)[C@@H](C)Oc2cc(Br)c(C(=O)N(C(C)C)[C@@H]3CCCN(C(=O)OC(C)(C)C)C3)cc21. The van der Waals surface area contributed by atoms with Gasteiger partial charge in [-0.15, -0.1) is 0 Å². The maximum absolute atomic E-state index is 14.0. The second-order valence-electron chi connectivity index (χ2n) is 11.3. The Morgan fingerprint density at radius 2 is 1.95 bits per heavy atom. The highest BCUT2D eigenvalue weighted by Gasteiger charge is 2.37. The van der Waals surface area contributed by atoms with Crippen LogP contribution in [0.3, 0.4) is 0 Å². The van der Waals surface area contributed by atoms with Crippen molar-refractivity contribution < 1.29 is 28.6 Å². The third-order valence-corrected chi connectivity index (χ3v) is 7.36. The van der Waals surface area contributed by atoms with E-state index in [2.05, 4.69) is 15.9 Å². The van der Waals surface area contributed by atoms with Gasteiger partial charge in [-0.3, -0.25) is 9.59 Å². The summed E-state index contributed by atoms with van der Waals surface area (Å²) in [6, 6.07) is 3.28. The molecule has 9 nitrogen and oxygen atoms in total. The third-order valence-electron chi connectivity index (χ3n) is 6.70. The van der Waals surface area contributed by atoms with Gasteiger partial charge in [0, 0.05) is 43.9 Å². The minimum absolute atomic E-state index is 0.0999. The first-order valence-electron chi connectivity index (χ1n) is 13.4. The van der Waals surface area contributed by atoms with Crippen molar-refractivity contribution in [3.05, 3.63) is 22.2 Å². The third kappa shape index (κ3) is 7.20. The average molecular weight is 597 g/mol. The number of piperidine rings is 1. The van der Waals surface area contributed by atoms with Gasteiger partial charge in [0.1, 0.15) is 11.4 Å². The van der Waals surface area contributed by atoms with E-state index in [0.717, 1.165) is 25.7 Å². The molecule has 0 aromatic heterocycles. The zero-order valence-corrected chi connectivity index (χ0v) is 25.3. The first kappa shape index (κ1) is 30.2. The molecule has 10 heteroatoms. The topological polar surface area (TPSA) is 88.6 Å². The molecule has 0 spiro atoms. The van der Waals surface area contributed by atoms with E-state index in [1.807, 2.05) is 39.5 Å². The fourth-order valence-electron chi connectivity index (χ4n) is 4.97. The van der Waals surface area contributed by atoms with Gasteiger partial charge in [0.25, 0.3) is 11.8 Å². The molecular formula is C28H42BrN3O6. The Kier molecular flexibility index (Phi) is 10.1. The van der Waals surface area contributed by atoms with E-state index < -0.39 is 11.7 Å². The Labute approximate surface area is 234 Å². The zero-order valence-electron chi connectivity index (χ0n) is 23.7. The van der Waals surface area contributed by atoms with Crippen LogP contribution < -0.4 is 9.64 Å². The fourth-order valence-corrected chi connectivity index (χ4v) is 5.47. The second kappa shape index (κ2) is 12.7. The van der Waals surface area contributed by atoms with Crippen LogP contribution in [0.2, 0.25) is 0 Å². The van der Waals surface area contributed by atoms with Gasteiger partial charge < -0.3 is 28.9 Å². The number of carbonyl (C=O) groups is 3. The number of rotatable bonds is 8. The number of methoxy groups -OCH3 is 1. The number of halogens is 1. The molecular weight excluding hydrogens is 554 g/mol. The van der Waals surface area contributed by atoms with Crippen molar-refractivity contribution >= 4 is 39.5 Å². The zero-order chi connectivity index (χ0) is 28.2. The quantitative estimate of drug-likeness (QED) is 0.382. The molecule has 2 heterocycles. The summed E-state index contributed by atoms with van der Waals surface area (Å²) >= 11 is 3.58. The van der Waals surface area contributed by atoms with Crippen molar-refractivity contribution in [3.8, 4) is 5.75 Å². The maximum atomic E-state index is 14.0. The molecule has 2 atom stereocenters. The van der Waals surface area contributed by atoms with Gasteiger partial charge >= 0.3 is 6.09 Å². The van der Waals surface area contributed by atoms with E-state index in [0.29, 0.717) is 47.7 Å². The summed E-state index contributed by atoms with van der Waals surface area (Å²) in [4.78, 5) is 45.1.